The van der Waals surface area contributed by atoms with E-state index in [1.165, 1.54) is 0 Å². The van der Waals surface area contributed by atoms with Crippen LogP contribution in [0.25, 0.3) is 0 Å². The van der Waals surface area contributed by atoms with Crippen LogP contribution in [-0.4, -0.2) is 22.8 Å². The minimum atomic E-state index is -0.00755. The highest BCUT2D eigenvalue weighted by molar-refractivity contribution is 9.18. The second kappa shape index (κ2) is 4.79. The first kappa shape index (κ1) is 8.95. The van der Waals surface area contributed by atoms with Gasteiger partial charge in [0.15, 0.2) is 0 Å². The van der Waals surface area contributed by atoms with Crippen molar-refractivity contribution in [1.29, 1.82) is 0 Å². The average Bonchev–Trinajstić information content (AvgIpc) is 1.82. The van der Waals surface area contributed by atoms with Crippen LogP contribution in [0.1, 0.15) is 20.3 Å². The summed E-state index contributed by atoms with van der Waals surface area (Å²) in [6.07, 6.45) is 1.02. The molecular formula is C6H12BrNO. The van der Waals surface area contributed by atoms with Crippen LogP contribution >= 0.6 is 15.9 Å². The average molecular weight is 194 g/mol. The van der Waals surface area contributed by atoms with Gasteiger partial charge in [0.1, 0.15) is 0 Å². The van der Waals surface area contributed by atoms with E-state index >= 15 is 0 Å². The van der Waals surface area contributed by atoms with Crippen LogP contribution in [0.3, 0.4) is 0 Å². The zero-order chi connectivity index (χ0) is 7.28. The van der Waals surface area contributed by atoms with Gasteiger partial charge in [-0.15, -0.1) is 0 Å². The molecular weight excluding hydrogens is 182 g/mol. The fraction of sp³-hybridized carbons (Fsp3) is 0.833. The van der Waals surface area contributed by atoms with Crippen molar-refractivity contribution in [3.8, 4) is 0 Å². The van der Waals surface area contributed by atoms with Crippen molar-refractivity contribution in [2.24, 2.45) is 0 Å². The molecule has 1 amide bonds. The normalized spacial score (nSPS) is 9.22. The number of amides is 1. The van der Waals surface area contributed by atoms with Gasteiger partial charge < -0.3 is 4.90 Å². The summed E-state index contributed by atoms with van der Waals surface area (Å²) in [5.74, 6) is 0. The monoisotopic (exact) mass is 193 g/mol. The van der Waals surface area contributed by atoms with Gasteiger partial charge in [0.25, 0.3) is 4.82 Å². The largest absolute Gasteiger partial charge is 0.334 e. The number of carbonyl (C=O) groups is 1. The first-order valence-electron chi connectivity index (χ1n) is 3.16. The maximum atomic E-state index is 10.6. The standard InChI is InChI=1S/C6H12BrNO/c1-3-5-8(4-2)6(7)9/h3-5H2,1-2H3. The van der Waals surface area contributed by atoms with E-state index < -0.39 is 0 Å². The zero-order valence-electron chi connectivity index (χ0n) is 5.85. The smallest absolute Gasteiger partial charge is 0.289 e. The Morgan fingerprint density at radius 2 is 2.11 bits per heavy atom. The predicted octanol–water partition coefficient (Wildman–Crippen LogP) is 2.23. The van der Waals surface area contributed by atoms with Gasteiger partial charge in [-0.25, -0.2) is 0 Å². The van der Waals surface area contributed by atoms with Gasteiger partial charge in [0, 0.05) is 29.0 Å². The van der Waals surface area contributed by atoms with Gasteiger partial charge in [-0.1, -0.05) is 6.92 Å². The molecule has 0 aliphatic heterocycles. The molecule has 0 aromatic carbocycles. The highest BCUT2D eigenvalue weighted by atomic mass is 79.9. The third-order valence-electron chi connectivity index (χ3n) is 1.12. The maximum Gasteiger partial charge on any atom is 0.289 e. The number of hydrogen-bond donors (Lipinski definition) is 0. The molecule has 0 aromatic rings. The molecule has 0 fully saturated rings. The van der Waals surface area contributed by atoms with Crippen LogP contribution in [0.15, 0.2) is 0 Å². The Labute approximate surface area is 64.4 Å². The van der Waals surface area contributed by atoms with Gasteiger partial charge in [-0.05, 0) is 13.3 Å². The number of rotatable bonds is 3. The topological polar surface area (TPSA) is 20.3 Å². The van der Waals surface area contributed by atoms with E-state index in [1.54, 1.807) is 4.90 Å². The maximum absolute atomic E-state index is 10.6. The van der Waals surface area contributed by atoms with Crippen LogP contribution < -0.4 is 0 Å². The third-order valence-corrected chi connectivity index (χ3v) is 1.63. The van der Waals surface area contributed by atoms with Gasteiger partial charge in [-0.2, -0.15) is 0 Å². The highest BCUT2D eigenvalue weighted by Gasteiger charge is 2.03. The van der Waals surface area contributed by atoms with Gasteiger partial charge in [0.05, 0.1) is 0 Å². The van der Waals surface area contributed by atoms with E-state index in [9.17, 15) is 4.79 Å². The van der Waals surface area contributed by atoms with Crippen molar-refractivity contribution in [1.82, 2.24) is 4.90 Å². The Morgan fingerprint density at radius 1 is 1.56 bits per heavy atom. The Balaban J connectivity index is 3.54. The second-order valence-corrected chi connectivity index (χ2v) is 2.51. The van der Waals surface area contributed by atoms with Crippen LogP contribution in [0.2, 0.25) is 0 Å². The van der Waals surface area contributed by atoms with E-state index in [1.807, 2.05) is 6.92 Å². The Kier molecular flexibility index (Phi) is 4.77. The lowest BCUT2D eigenvalue weighted by atomic mass is 10.4. The summed E-state index contributed by atoms with van der Waals surface area (Å²) in [5, 5.41) is 0. The molecule has 0 aromatic heterocycles. The van der Waals surface area contributed by atoms with Crippen molar-refractivity contribution in [2.45, 2.75) is 20.3 Å². The zero-order valence-corrected chi connectivity index (χ0v) is 7.44. The Bertz CT molecular complexity index is 95.1. The van der Waals surface area contributed by atoms with Crippen molar-refractivity contribution in [3.63, 3.8) is 0 Å². The molecule has 0 aliphatic rings. The van der Waals surface area contributed by atoms with E-state index in [-0.39, 0.29) is 4.82 Å². The fourth-order valence-electron chi connectivity index (χ4n) is 0.640. The molecule has 2 nitrogen and oxygen atoms in total. The number of hydrogen-bond acceptors (Lipinski definition) is 1. The first-order chi connectivity index (χ1) is 4.22. The van der Waals surface area contributed by atoms with E-state index in [2.05, 4.69) is 22.9 Å². The molecule has 0 heterocycles. The third kappa shape index (κ3) is 3.51. The molecule has 0 unspecified atom stereocenters. The van der Waals surface area contributed by atoms with Gasteiger partial charge in [0.2, 0.25) is 0 Å². The van der Waals surface area contributed by atoms with Crippen molar-refractivity contribution >= 4 is 20.7 Å². The summed E-state index contributed by atoms with van der Waals surface area (Å²) >= 11 is 2.89. The summed E-state index contributed by atoms with van der Waals surface area (Å²) in [4.78, 5) is 12.3. The van der Waals surface area contributed by atoms with Crippen LogP contribution in [0.4, 0.5) is 4.79 Å². The van der Waals surface area contributed by atoms with Crippen molar-refractivity contribution < 1.29 is 4.79 Å². The Hall–Kier alpha value is -0.0500. The van der Waals surface area contributed by atoms with Crippen LogP contribution in [0, 0.1) is 0 Å². The fourth-order valence-corrected chi connectivity index (χ4v) is 1.07. The Morgan fingerprint density at radius 3 is 2.22 bits per heavy atom. The molecule has 3 heteroatoms. The molecule has 0 spiro atoms. The minimum absolute atomic E-state index is 0.00755. The lowest BCUT2D eigenvalue weighted by molar-refractivity contribution is 0.227. The minimum Gasteiger partial charge on any atom is -0.334 e. The van der Waals surface area contributed by atoms with Crippen LogP contribution in [0.5, 0.6) is 0 Å². The molecule has 9 heavy (non-hydrogen) atoms. The lowest BCUT2D eigenvalue weighted by Gasteiger charge is -2.15. The summed E-state index contributed by atoms with van der Waals surface area (Å²) in [5.41, 5.74) is 0. The number of nitrogens with zero attached hydrogens (tertiary/aromatic N) is 1. The second-order valence-electron chi connectivity index (χ2n) is 1.83. The first-order valence-corrected chi connectivity index (χ1v) is 3.96. The SMILES string of the molecule is CCCN(CC)C(=O)Br. The van der Waals surface area contributed by atoms with Gasteiger partial charge >= 0.3 is 0 Å². The van der Waals surface area contributed by atoms with E-state index in [4.69, 9.17) is 0 Å². The summed E-state index contributed by atoms with van der Waals surface area (Å²) < 4.78 is 0. The molecule has 0 saturated heterocycles. The quantitative estimate of drug-likeness (QED) is 0.498. The highest BCUT2D eigenvalue weighted by Crippen LogP contribution is 1.98. The van der Waals surface area contributed by atoms with Gasteiger partial charge in [-0.3, -0.25) is 4.79 Å². The molecule has 54 valence electrons. The molecule has 0 saturated carbocycles. The van der Waals surface area contributed by atoms with Crippen molar-refractivity contribution in [2.75, 3.05) is 13.1 Å². The summed E-state index contributed by atoms with van der Waals surface area (Å²) in [6.45, 7) is 5.66. The number of halogens is 1. The molecule has 0 N–H and O–H groups in total. The summed E-state index contributed by atoms with van der Waals surface area (Å²) in [6, 6.07) is 0. The lowest BCUT2D eigenvalue weighted by Crippen LogP contribution is -2.25. The molecule has 0 aliphatic carbocycles. The van der Waals surface area contributed by atoms with E-state index in [0.717, 1.165) is 19.5 Å². The molecule has 0 atom stereocenters. The van der Waals surface area contributed by atoms with Crippen molar-refractivity contribution in [3.05, 3.63) is 0 Å². The molecule has 0 radical (unpaired) electrons. The van der Waals surface area contributed by atoms with Crippen LogP contribution in [-0.2, 0) is 0 Å². The predicted molar refractivity (Wildman–Crippen MR) is 41.9 cm³/mol. The number of carbonyl (C=O) groups excluding carboxylic acids is 1. The molecule has 0 bridgehead atoms. The van der Waals surface area contributed by atoms with E-state index in [0.29, 0.717) is 0 Å². The molecule has 0 rings (SSSR count). The summed E-state index contributed by atoms with van der Waals surface area (Å²) in [7, 11) is 0.